The standard InChI is InChI=1S/C14H18N4O3S/c1-3-10(2)18-14(19)11(8-15)9-17-12-4-6-13(7-5-12)22(16,20)21/h4-7,9-10,17H,3H2,1-2H3,(H,18,19)(H2,16,20,21)/b11-9-. The Morgan fingerprint density at radius 3 is 2.45 bits per heavy atom. The molecule has 1 rings (SSSR count). The molecule has 7 nitrogen and oxygen atoms in total. The van der Waals surface area contributed by atoms with Crippen LogP contribution >= 0.6 is 0 Å². The Morgan fingerprint density at radius 2 is 2.00 bits per heavy atom. The number of nitrogens with two attached hydrogens (primary N) is 1. The third-order valence-corrected chi connectivity index (χ3v) is 3.85. The highest BCUT2D eigenvalue weighted by Crippen LogP contribution is 2.13. The van der Waals surface area contributed by atoms with Crippen LogP contribution in [0.5, 0.6) is 0 Å². The molecule has 1 aromatic carbocycles. The van der Waals surface area contributed by atoms with Crippen LogP contribution in [-0.2, 0) is 14.8 Å². The van der Waals surface area contributed by atoms with Gasteiger partial charge in [-0.3, -0.25) is 4.79 Å². The van der Waals surface area contributed by atoms with Gasteiger partial charge >= 0.3 is 0 Å². The lowest BCUT2D eigenvalue weighted by atomic mass is 10.2. The van der Waals surface area contributed by atoms with E-state index in [0.717, 1.165) is 6.42 Å². The first kappa shape index (κ1) is 17.7. The molecule has 1 amide bonds. The lowest BCUT2D eigenvalue weighted by Crippen LogP contribution is -2.33. The van der Waals surface area contributed by atoms with Gasteiger partial charge < -0.3 is 10.6 Å². The summed E-state index contributed by atoms with van der Waals surface area (Å²) in [5.41, 5.74) is 0.451. The van der Waals surface area contributed by atoms with Crippen molar-refractivity contribution >= 4 is 21.6 Å². The highest BCUT2D eigenvalue weighted by molar-refractivity contribution is 7.89. The van der Waals surface area contributed by atoms with E-state index in [-0.39, 0.29) is 16.5 Å². The van der Waals surface area contributed by atoms with Gasteiger partial charge in [0.1, 0.15) is 11.6 Å². The van der Waals surface area contributed by atoms with Crippen molar-refractivity contribution in [3.05, 3.63) is 36.0 Å². The molecule has 0 bridgehead atoms. The number of benzene rings is 1. The zero-order valence-electron chi connectivity index (χ0n) is 12.3. The number of nitriles is 1. The molecule has 22 heavy (non-hydrogen) atoms. The van der Waals surface area contributed by atoms with Crippen molar-refractivity contribution in [2.24, 2.45) is 5.14 Å². The van der Waals surface area contributed by atoms with Crippen LogP contribution in [0.15, 0.2) is 40.9 Å². The van der Waals surface area contributed by atoms with Crippen LogP contribution in [0, 0.1) is 11.3 Å². The van der Waals surface area contributed by atoms with Crippen molar-refractivity contribution in [3.63, 3.8) is 0 Å². The summed E-state index contributed by atoms with van der Waals surface area (Å²) in [5, 5.41) is 19.4. The molecule has 0 aromatic heterocycles. The van der Waals surface area contributed by atoms with Gasteiger partial charge in [-0.15, -0.1) is 0 Å². The molecular weight excluding hydrogens is 304 g/mol. The molecule has 0 fully saturated rings. The molecule has 0 saturated heterocycles. The van der Waals surface area contributed by atoms with E-state index in [0.29, 0.717) is 5.69 Å². The summed E-state index contributed by atoms with van der Waals surface area (Å²) >= 11 is 0. The fourth-order valence-electron chi connectivity index (χ4n) is 1.45. The Hall–Kier alpha value is -2.37. The molecule has 0 aliphatic rings. The lowest BCUT2D eigenvalue weighted by molar-refractivity contribution is -0.117. The van der Waals surface area contributed by atoms with Gasteiger partial charge in [-0.25, -0.2) is 13.6 Å². The average Bonchev–Trinajstić information content (AvgIpc) is 2.47. The minimum Gasteiger partial charge on any atom is -0.360 e. The molecule has 1 aromatic rings. The summed E-state index contributed by atoms with van der Waals surface area (Å²) in [6, 6.07) is 7.41. The summed E-state index contributed by atoms with van der Waals surface area (Å²) in [6.45, 7) is 3.76. The van der Waals surface area contributed by atoms with Crippen molar-refractivity contribution in [2.75, 3.05) is 5.32 Å². The molecule has 0 aliphatic heterocycles. The first-order chi connectivity index (χ1) is 10.3. The van der Waals surface area contributed by atoms with Crippen molar-refractivity contribution in [1.82, 2.24) is 5.32 Å². The van der Waals surface area contributed by atoms with E-state index < -0.39 is 15.9 Å². The second kappa shape index (κ2) is 7.59. The van der Waals surface area contributed by atoms with Gasteiger partial charge in [0, 0.05) is 17.9 Å². The van der Waals surface area contributed by atoms with Crippen molar-refractivity contribution in [1.29, 1.82) is 5.26 Å². The molecule has 0 spiro atoms. The van der Waals surface area contributed by atoms with Crippen molar-refractivity contribution in [2.45, 2.75) is 31.2 Å². The molecule has 4 N–H and O–H groups in total. The lowest BCUT2D eigenvalue weighted by Gasteiger charge is -2.10. The second-order valence-electron chi connectivity index (χ2n) is 4.67. The largest absolute Gasteiger partial charge is 0.360 e. The maximum atomic E-state index is 11.8. The van der Waals surface area contributed by atoms with E-state index in [4.69, 9.17) is 10.4 Å². The molecular formula is C14H18N4O3S. The third-order valence-electron chi connectivity index (χ3n) is 2.92. The van der Waals surface area contributed by atoms with Crippen LogP contribution in [0.1, 0.15) is 20.3 Å². The number of amides is 1. The Labute approximate surface area is 129 Å². The van der Waals surface area contributed by atoms with E-state index in [1.165, 1.54) is 30.5 Å². The minimum atomic E-state index is -3.75. The molecule has 0 aliphatic carbocycles. The van der Waals surface area contributed by atoms with Crippen molar-refractivity contribution < 1.29 is 13.2 Å². The topological polar surface area (TPSA) is 125 Å². The fraction of sp³-hybridized carbons (Fsp3) is 0.286. The summed E-state index contributed by atoms with van der Waals surface area (Å²) < 4.78 is 22.3. The molecule has 118 valence electrons. The number of nitrogens with one attached hydrogen (secondary N) is 2. The number of hydrogen-bond acceptors (Lipinski definition) is 5. The monoisotopic (exact) mass is 322 g/mol. The maximum absolute atomic E-state index is 11.8. The number of sulfonamides is 1. The molecule has 1 unspecified atom stereocenters. The SMILES string of the molecule is CCC(C)NC(=O)/C(C#N)=C\Nc1ccc(S(N)(=O)=O)cc1. The van der Waals surface area contributed by atoms with Gasteiger partial charge in [0.25, 0.3) is 5.91 Å². The summed E-state index contributed by atoms with van der Waals surface area (Å²) in [4.78, 5) is 11.8. The van der Waals surface area contributed by atoms with Gasteiger partial charge in [-0.1, -0.05) is 6.92 Å². The highest BCUT2D eigenvalue weighted by atomic mass is 32.2. The first-order valence-corrected chi connectivity index (χ1v) is 8.13. The smallest absolute Gasteiger partial charge is 0.263 e. The predicted molar refractivity (Wildman–Crippen MR) is 83.0 cm³/mol. The predicted octanol–water partition coefficient (Wildman–Crippen LogP) is 1.07. The number of rotatable bonds is 6. The quantitative estimate of drug-likeness (QED) is 0.533. The number of anilines is 1. The van der Waals surface area contributed by atoms with E-state index in [2.05, 4.69) is 10.6 Å². The summed E-state index contributed by atoms with van der Waals surface area (Å²) in [5.74, 6) is -0.467. The van der Waals surface area contributed by atoms with Crippen LogP contribution in [-0.4, -0.2) is 20.4 Å². The van der Waals surface area contributed by atoms with Gasteiger partial charge in [0.2, 0.25) is 10.0 Å². The Kier molecular flexibility index (Phi) is 6.10. The number of primary sulfonamides is 1. The molecule has 1 atom stereocenters. The van der Waals surface area contributed by atoms with E-state index in [1.807, 2.05) is 19.9 Å². The third kappa shape index (κ3) is 5.20. The van der Waals surface area contributed by atoms with Crippen LogP contribution in [0.3, 0.4) is 0 Å². The normalized spacial score (nSPS) is 13.1. The van der Waals surface area contributed by atoms with Crippen molar-refractivity contribution in [3.8, 4) is 6.07 Å². The van der Waals surface area contributed by atoms with Crippen LogP contribution in [0.2, 0.25) is 0 Å². The molecule has 0 radical (unpaired) electrons. The molecule has 0 saturated carbocycles. The second-order valence-corrected chi connectivity index (χ2v) is 6.23. The maximum Gasteiger partial charge on any atom is 0.263 e. The number of nitrogens with zero attached hydrogens (tertiary/aromatic N) is 1. The first-order valence-electron chi connectivity index (χ1n) is 6.58. The van der Waals surface area contributed by atoms with Gasteiger partial charge in [0.15, 0.2) is 0 Å². The van der Waals surface area contributed by atoms with Crippen LogP contribution < -0.4 is 15.8 Å². The fourth-order valence-corrected chi connectivity index (χ4v) is 1.96. The summed E-state index contributed by atoms with van der Waals surface area (Å²) in [6.07, 6.45) is 2.02. The Morgan fingerprint density at radius 1 is 1.41 bits per heavy atom. The Bertz CT molecular complexity index is 703. The van der Waals surface area contributed by atoms with E-state index in [9.17, 15) is 13.2 Å². The van der Waals surface area contributed by atoms with Crippen LogP contribution in [0.4, 0.5) is 5.69 Å². The average molecular weight is 322 g/mol. The van der Waals surface area contributed by atoms with E-state index >= 15 is 0 Å². The summed E-state index contributed by atoms with van der Waals surface area (Å²) in [7, 11) is -3.75. The minimum absolute atomic E-state index is 0.0166. The molecule has 0 heterocycles. The zero-order chi connectivity index (χ0) is 16.8. The van der Waals surface area contributed by atoms with Crippen LogP contribution in [0.25, 0.3) is 0 Å². The number of hydrogen-bond donors (Lipinski definition) is 3. The number of carbonyl (C=O) groups excluding carboxylic acids is 1. The molecule has 8 heteroatoms. The van der Waals surface area contributed by atoms with Gasteiger partial charge in [0.05, 0.1) is 4.90 Å². The van der Waals surface area contributed by atoms with Gasteiger partial charge in [-0.05, 0) is 37.6 Å². The number of carbonyl (C=O) groups is 1. The van der Waals surface area contributed by atoms with Gasteiger partial charge in [-0.2, -0.15) is 5.26 Å². The highest BCUT2D eigenvalue weighted by Gasteiger charge is 2.11. The zero-order valence-corrected chi connectivity index (χ0v) is 13.1. The van der Waals surface area contributed by atoms with E-state index in [1.54, 1.807) is 0 Å². The Balaban J connectivity index is 2.81.